The average molecular weight is 716 g/mol. The predicted molar refractivity (Wildman–Crippen MR) is 216 cm³/mol. The quantitative estimate of drug-likeness (QED) is 0.0394. The lowest BCUT2D eigenvalue weighted by molar-refractivity contribution is 0.0604. The van der Waals surface area contributed by atoms with Crippen LogP contribution in [0, 0.1) is 0 Å². The van der Waals surface area contributed by atoms with Crippen molar-refractivity contribution >= 4 is 63.5 Å². The summed E-state index contributed by atoms with van der Waals surface area (Å²) >= 11 is 0. The molecule has 0 aliphatic rings. The van der Waals surface area contributed by atoms with Crippen molar-refractivity contribution in [3.63, 3.8) is 0 Å². The Bertz CT molecular complexity index is 1230. The van der Waals surface area contributed by atoms with Crippen LogP contribution < -0.4 is 21.2 Å². The van der Waals surface area contributed by atoms with Gasteiger partial charge in [-0.05, 0) is 66.9 Å². The predicted octanol–water partition coefficient (Wildman–Crippen LogP) is 9.83. The second-order valence-electron chi connectivity index (χ2n) is 13.9. The summed E-state index contributed by atoms with van der Waals surface area (Å²) in [6.45, 7) is 14.7. The molecule has 0 unspecified atom stereocenters. The van der Waals surface area contributed by atoms with E-state index in [0.29, 0.717) is 0 Å². The Hall–Kier alpha value is -1.73. The average Bonchev–Trinajstić information content (AvgIpc) is 3.04. The van der Waals surface area contributed by atoms with Crippen LogP contribution in [-0.2, 0) is 8.85 Å². The van der Waals surface area contributed by atoms with Gasteiger partial charge in [0.1, 0.15) is 15.4 Å². The van der Waals surface area contributed by atoms with E-state index in [4.69, 9.17) is 8.85 Å². The van der Waals surface area contributed by atoms with Crippen LogP contribution >= 0.6 is 16.1 Å². The summed E-state index contributed by atoms with van der Waals surface area (Å²) in [5, 5.41) is 5.68. The molecule has 0 heterocycles. The van der Waals surface area contributed by atoms with Gasteiger partial charge in [0, 0.05) is 22.7 Å². The fraction of sp³-hybridized carbons (Fsp3) is 0.385. The van der Waals surface area contributed by atoms with E-state index in [1.54, 1.807) is 0 Å². The third-order valence-electron chi connectivity index (χ3n) is 7.48. The maximum atomic E-state index is 6.42. The van der Waals surface area contributed by atoms with Gasteiger partial charge in [0.2, 0.25) is 0 Å². The minimum absolute atomic E-state index is 0.00700. The molecule has 0 saturated heterocycles. The van der Waals surface area contributed by atoms with Gasteiger partial charge in [-0.1, -0.05) is 159 Å². The molecule has 4 aromatic rings. The van der Waals surface area contributed by atoms with Crippen molar-refractivity contribution in [3.8, 4) is 0 Å². The van der Waals surface area contributed by atoms with E-state index >= 15 is 0 Å². The van der Waals surface area contributed by atoms with Gasteiger partial charge in [0.25, 0.3) is 0 Å². The first-order chi connectivity index (χ1) is 22.6. The second kappa shape index (κ2) is 19.5. The van der Waals surface area contributed by atoms with Gasteiger partial charge >= 0.3 is 0 Å². The van der Waals surface area contributed by atoms with Crippen molar-refractivity contribution in [1.29, 1.82) is 0 Å². The zero-order valence-corrected chi connectivity index (χ0v) is 34.2. The monoisotopic (exact) mass is 715 g/mol. The summed E-state index contributed by atoms with van der Waals surface area (Å²) in [6.07, 6.45) is 7.63. The highest BCUT2D eigenvalue weighted by molar-refractivity contribution is 7.84. The Morgan fingerprint density at radius 3 is 1.15 bits per heavy atom. The molecule has 0 aliphatic heterocycles. The zero-order chi connectivity index (χ0) is 33.5. The van der Waals surface area contributed by atoms with Crippen molar-refractivity contribution in [2.24, 2.45) is 0 Å². The summed E-state index contributed by atoms with van der Waals surface area (Å²) in [7, 11) is -3.93. The number of hydrogen-bond acceptors (Lipinski definition) is 3. The standard InChI is InChI=1S/C39H55NO2P2Si3/c1-46(2,3)41-39(42-47(4,5)6)45-34-24-10-8-7-9-23-33-40(43(35-25-15-11-16-26-35)36-27-17-12-18-28-36)44(37-29-19-13-20-30-37)38-31-21-14-22-32-38/h11-22,25-32,39H,7-10,23-24,33-34H2,1-6H3. The van der Waals surface area contributed by atoms with E-state index in [0.717, 1.165) is 16.1 Å². The summed E-state index contributed by atoms with van der Waals surface area (Å²) in [5.41, 5.74) is 0. The summed E-state index contributed by atoms with van der Waals surface area (Å²) in [5.74, 6) is 0.00700. The van der Waals surface area contributed by atoms with Gasteiger partial charge in [0.05, 0.1) is 0 Å². The third kappa shape index (κ3) is 13.6. The molecule has 0 fully saturated rings. The Morgan fingerprint density at radius 2 is 0.809 bits per heavy atom. The first-order valence-corrected chi connectivity index (χ1v) is 28.0. The van der Waals surface area contributed by atoms with Crippen LogP contribution in [0.15, 0.2) is 121 Å². The molecule has 0 saturated carbocycles. The molecule has 2 radical (unpaired) electrons. The lowest BCUT2D eigenvalue weighted by atomic mass is 10.1. The first kappa shape index (κ1) is 38.1. The summed E-state index contributed by atoms with van der Waals surface area (Å²) in [4.78, 5) is 0. The number of nitrogens with zero attached hydrogens (tertiary/aromatic N) is 1. The van der Waals surface area contributed by atoms with Crippen molar-refractivity contribution in [3.05, 3.63) is 121 Å². The summed E-state index contributed by atoms with van der Waals surface area (Å²) < 4.78 is 15.7. The lowest BCUT2D eigenvalue weighted by Gasteiger charge is -2.39. The van der Waals surface area contributed by atoms with Gasteiger partial charge in [-0.3, -0.25) is 0 Å². The van der Waals surface area contributed by atoms with Crippen LogP contribution in [0.25, 0.3) is 0 Å². The van der Waals surface area contributed by atoms with E-state index in [-0.39, 0.29) is 5.91 Å². The molecule has 8 heteroatoms. The van der Waals surface area contributed by atoms with Crippen LogP contribution in [0.2, 0.25) is 45.3 Å². The van der Waals surface area contributed by atoms with E-state index in [1.807, 2.05) is 0 Å². The van der Waals surface area contributed by atoms with Crippen LogP contribution in [0.1, 0.15) is 38.5 Å². The van der Waals surface area contributed by atoms with Crippen LogP contribution in [0.4, 0.5) is 0 Å². The molecule has 250 valence electrons. The van der Waals surface area contributed by atoms with E-state index in [1.165, 1.54) is 65.8 Å². The van der Waals surface area contributed by atoms with Crippen LogP contribution in [0.3, 0.4) is 0 Å². The number of benzene rings is 4. The third-order valence-corrected chi connectivity index (χ3v) is 16.6. The molecule has 0 N–H and O–H groups in total. The molecule has 0 amide bonds. The van der Waals surface area contributed by atoms with E-state index in [9.17, 15) is 0 Å². The highest BCUT2D eigenvalue weighted by Gasteiger charge is 2.31. The lowest BCUT2D eigenvalue weighted by Crippen LogP contribution is -2.42. The minimum atomic E-state index is -1.62. The van der Waals surface area contributed by atoms with Gasteiger partial charge < -0.3 is 8.85 Å². The van der Waals surface area contributed by atoms with E-state index in [2.05, 4.69) is 165 Å². The minimum Gasteiger partial charge on any atom is -0.397 e. The van der Waals surface area contributed by atoms with Crippen LogP contribution in [-0.4, -0.2) is 43.1 Å². The zero-order valence-electron chi connectivity index (χ0n) is 29.4. The molecule has 47 heavy (non-hydrogen) atoms. The van der Waals surface area contributed by atoms with Crippen molar-refractivity contribution in [2.45, 2.75) is 89.8 Å². The molecule has 4 rings (SSSR count). The Kier molecular flexibility index (Phi) is 15.8. The SMILES string of the molecule is C[Si](C)(C)OC(O[Si](C)(C)C)[Si]CCCCCCCCN(P(c1ccccc1)c1ccccc1)P(c1ccccc1)c1ccccc1. The Labute approximate surface area is 293 Å². The number of rotatable bonds is 20. The van der Waals surface area contributed by atoms with Crippen LogP contribution in [0.5, 0.6) is 0 Å². The maximum Gasteiger partial charge on any atom is 0.186 e. The summed E-state index contributed by atoms with van der Waals surface area (Å²) in [6, 6.07) is 46.1. The number of unbranched alkanes of at least 4 members (excludes halogenated alkanes) is 5. The van der Waals surface area contributed by atoms with Gasteiger partial charge in [-0.25, -0.2) is 4.44 Å². The molecular weight excluding hydrogens is 661 g/mol. The highest BCUT2D eigenvalue weighted by atomic mass is 31.2. The Balaban J connectivity index is 1.43. The molecular formula is C39H55NO2P2Si3. The molecule has 3 nitrogen and oxygen atoms in total. The maximum absolute atomic E-state index is 6.42. The second-order valence-corrected chi connectivity index (χ2v) is 28.8. The van der Waals surface area contributed by atoms with Crippen molar-refractivity contribution in [1.82, 2.24) is 4.44 Å². The molecule has 4 aromatic carbocycles. The van der Waals surface area contributed by atoms with Crippen molar-refractivity contribution in [2.75, 3.05) is 6.54 Å². The fourth-order valence-corrected chi connectivity index (χ4v) is 16.5. The molecule has 0 spiro atoms. The van der Waals surface area contributed by atoms with E-state index < -0.39 is 32.8 Å². The van der Waals surface area contributed by atoms with Gasteiger partial charge in [-0.2, -0.15) is 0 Å². The van der Waals surface area contributed by atoms with Crippen molar-refractivity contribution < 1.29 is 8.85 Å². The first-order valence-electron chi connectivity index (χ1n) is 17.3. The molecule has 0 bridgehead atoms. The topological polar surface area (TPSA) is 21.7 Å². The molecule has 0 aliphatic carbocycles. The highest BCUT2D eigenvalue weighted by Crippen LogP contribution is 2.54. The van der Waals surface area contributed by atoms with Gasteiger partial charge in [0.15, 0.2) is 16.6 Å². The molecule has 0 atom stereocenters. The smallest absolute Gasteiger partial charge is 0.186 e. The van der Waals surface area contributed by atoms with Gasteiger partial charge in [-0.15, -0.1) is 0 Å². The number of hydrogen-bond donors (Lipinski definition) is 0. The Morgan fingerprint density at radius 1 is 0.489 bits per heavy atom. The normalized spacial score (nSPS) is 12.5. The fourth-order valence-electron chi connectivity index (χ4n) is 5.45. The molecule has 0 aromatic heterocycles. The largest absolute Gasteiger partial charge is 0.397 e.